The Hall–Kier alpha value is -2.81. The molecular formula is C18H15ClF3N3O3. The van der Waals surface area contributed by atoms with Crippen LogP contribution in [0.25, 0.3) is 0 Å². The molecular weight excluding hydrogens is 399 g/mol. The van der Waals surface area contributed by atoms with Crippen molar-refractivity contribution in [1.29, 1.82) is 0 Å². The second-order valence-electron chi connectivity index (χ2n) is 6.30. The van der Waals surface area contributed by atoms with E-state index in [-0.39, 0.29) is 22.0 Å². The van der Waals surface area contributed by atoms with Crippen LogP contribution in [-0.4, -0.2) is 23.9 Å². The van der Waals surface area contributed by atoms with Crippen LogP contribution in [0.3, 0.4) is 0 Å². The number of hydrogen-bond acceptors (Lipinski definition) is 4. The maximum atomic E-state index is 13.1. The topological polar surface area (TPSA) is 75.5 Å². The van der Waals surface area contributed by atoms with E-state index in [1.54, 1.807) is 0 Å². The van der Waals surface area contributed by atoms with E-state index >= 15 is 0 Å². The quantitative estimate of drug-likeness (QED) is 0.557. The van der Waals surface area contributed by atoms with Gasteiger partial charge in [-0.25, -0.2) is 0 Å². The van der Waals surface area contributed by atoms with E-state index < -0.39 is 22.6 Å². The van der Waals surface area contributed by atoms with Crippen LogP contribution < -0.4 is 10.2 Å². The summed E-state index contributed by atoms with van der Waals surface area (Å²) in [5.74, 6) is -0.750. The molecule has 2 aromatic carbocycles. The molecule has 28 heavy (non-hydrogen) atoms. The summed E-state index contributed by atoms with van der Waals surface area (Å²) in [5.41, 5.74) is -0.760. The predicted octanol–water partition coefficient (Wildman–Crippen LogP) is 5.12. The Labute approximate surface area is 163 Å². The number of hydrogen-bond donors (Lipinski definition) is 1. The Morgan fingerprint density at radius 3 is 2.39 bits per heavy atom. The van der Waals surface area contributed by atoms with E-state index in [0.717, 1.165) is 37.1 Å². The average Bonchev–Trinajstić information content (AvgIpc) is 3.15. The van der Waals surface area contributed by atoms with E-state index in [9.17, 15) is 28.1 Å². The van der Waals surface area contributed by atoms with Gasteiger partial charge in [-0.05, 0) is 37.1 Å². The first-order valence-electron chi connectivity index (χ1n) is 8.38. The lowest BCUT2D eigenvalue weighted by molar-refractivity contribution is -0.384. The Kier molecular flexibility index (Phi) is 5.46. The molecule has 0 unspecified atom stereocenters. The van der Waals surface area contributed by atoms with E-state index in [2.05, 4.69) is 5.32 Å². The highest BCUT2D eigenvalue weighted by Crippen LogP contribution is 2.37. The molecule has 1 amide bonds. The fourth-order valence-corrected chi connectivity index (χ4v) is 3.30. The maximum Gasteiger partial charge on any atom is 0.416 e. The Morgan fingerprint density at radius 1 is 1.14 bits per heavy atom. The van der Waals surface area contributed by atoms with E-state index in [1.807, 2.05) is 4.90 Å². The smallest absolute Gasteiger partial charge is 0.370 e. The number of amides is 1. The van der Waals surface area contributed by atoms with Crippen LogP contribution in [0.1, 0.15) is 28.8 Å². The molecule has 148 valence electrons. The largest absolute Gasteiger partial charge is 0.416 e. The van der Waals surface area contributed by atoms with Crippen molar-refractivity contribution in [2.24, 2.45) is 0 Å². The monoisotopic (exact) mass is 413 g/mol. The van der Waals surface area contributed by atoms with Gasteiger partial charge >= 0.3 is 6.18 Å². The molecule has 0 aromatic heterocycles. The number of alkyl halides is 3. The minimum absolute atomic E-state index is 0.0103. The number of rotatable bonds is 4. The van der Waals surface area contributed by atoms with Crippen molar-refractivity contribution in [3.05, 3.63) is 62.7 Å². The van der Waals surface area contributed by atoms with Crippen LogP contribution in [0.4, 0.5) is 30.2 Å². The first-order chi connectivity index (χ1) is 13.2. The molecule has 6 nitrogen and oxygen atoms in total. The number of anilines is 2. The fourth-order valence-electron chi connectivity index (χ4n) is 3.04. The molecule has 0 spiro atoms. The van der Waals surface area contributed by atoms with Crippen molar-refractivity contribution in [2.45, 2.75) is 19.0 Å². The van der Waals surface area contributed by atoms with Crippen LogP contribution in [0.5, 0.6) is 0 Å². The first-order valence-corrected chi connectivity index (χ1v) is 8.76. The standard InChI is InChI=1S/C18H15ClF3N3O3/c19-14-10-12(25(27)28)4-5-13(14)17(26)23-15-9-11(18(20,21)22)3-6-16(15)24-7-1-2-8-24/h3-6,9-10H,1-2,7-8H2,(H,23,26). The van der Waals surface area contributed by atoms with Crippen LogP contribution in [0.2, 0.25) is 5.02 Å². The lowest BCUT2D eigenvalue weighted by Gasteiger charge is -2.23. The van der Waals surface area contributed by atoms with Gasteiger partial charge in [-0.3, -0.25) is 14.9 Å². The Bertz CT molecular complexity index is 928. The van der Waals surface area contributed by atoms with Gasteiger partial charge in [-0.1, -0.05) is 11.6 Å². The molecule has 0 aliphatic carbocycles. The molecule has 1 heterocycles. The summed E-state index contributed by atoms with van der Waals surface area (Å²) in [7, 11) is 0. The fraction of sp³-hybridized carbons (Fsp3) is 0.278. The molecule has 1 N–H and O–H groups in total. The van der Waals surface area contributed by atoms with E-state index in [4.69, 9.17) is 11.6 Å². The molecule has 10 heteroatoms. The molecule has 1 aliphatic heterocycles. The zero-order valence-corrected chi connectivity index (χ0v) is 15.2. The third-order valence-corrected chi connectivity index (χ3v) is 4.74. The molecule has 0 bridgehead atoms. The number of non-ortho nitro benzene ring substituents is 1. The average molecular weight is 414 g/mol. The Morgan fingerprint density at radius 2 is 1.82 bits per heavy atom. The number of carbonyl (C=O) groups excluding carboxylic acids is 1. The van der Waals surface area contributed by atoms with Crippen LogP contribution in [0.15, 0.2) is 36.4 Å². The first kappa shape index (κ1) is 19.9. The lowest BCUT2D eigenvalue weighted by Crippen LogP contribution is -2.22. The van der Waals surface area contributed by atoms with Crippen LogP contribution in [0, 0.1) is 10.1 Å². The summed E-state index contributed by atoms with van der Waals surface area (Å²) in [6, 6.07) is 6.48. The molecule has 2 aromatic rings. The van der Waals surface area contributed by atoms with E-state index in [0.29, 0.717) is 18.8 Å². The lowest BCUT2D eigenvalue weighted by atomic mass is 10.1. The highest BCUT2D eigenvalue weighted by Gasteiger charge is 2.32. The highest BCUT2D eigenvalue weighted by molar-refractivity contribution is 6.34. The molecule has 0 saturated carbocycles. The van der Waals surface area contributed by atoms with Crippen molar-refractivity contribution in [2.75, 3.05) is 23.3 Å². The van der Waals surface area contributed by atoms with Crippen molar-refractivity contribution < 1.29 is 22.9 Å². The van der Waals surface area contributed by atoms with Gasteiger partial charge in [0.25, 0.3) is 11.6 Å². The highest BCUT2D eigenvalue weighted by atomic mass is 35.5. The number of nitro groups is 1. The second kappa shape index (κ2) is 7.67. The number of halogens is 4. The van der Waals surface area contributed by atoms with Gasteiger partial charge in [-0.2, -0.15) is 13.2 Å². The third-order valence-electron chi connectivity index (χ3n) is 4.43. The van der Waals surface area contributed by atoms with Crippen molar-refractivity contribution in [3.63, 3.8) is 0 Å². The van der Waals surface area contributed by atoms with Gasteiger partial charge in [0.2, 0.25) is 0 Å². The number of benzene rings is 2. The predicted molar refractivity (Wildman–Crippen MR) is 99.0 cm³/mol. The number of nitrogens with one attached hydrogen (secondary N) is 1. The summed E-state index contributed by atoms with van der Waals surface area (Å²) in [5, 5.41) is 13.1. The van der Waals surface area contributed by atoms with Crippen molar-refractivity contribution in [3.8, 4) is 0 Å². The van der Waals surface area contributed by atoms with E-state index in [1.165, 1.54) is 12.1 Å². The number of nitro benzene ring substituents is 1. The number of nitrogens with zero attached hydrogens (tertiary/aromatic N) is 2. The third kappa shape index (κ3) is 4.19. The van der Waals surface area contributed by atoms with Crippen molar-refractivity contribution in [1.82, 2.24) is 0 Å². The van der Waals surface area contributed by atoms with Gasteiger partial charge < -0.3 is 10.2 Å². The minimum Gasteiger partial charge on any atom is -0.370 e. The maximum absolute atomic E-state index is 13.1. The molecule has 1 saturated heterocycles. The summed E-state index contributed by atoms with van der Waals surface area (Å²) >= 11 is 5.95. The summed E-state index contributed by atoms with van der Waals surface area (Å²) in [6.07, 6.45) is -2.75. The van der Waals surface area contributed by atoms with Crippen LogP contribution in [-0.2, 0) is 6.18 Å². The summed E-state index contributed by atoms with van der Waals surface area (Å²) < 4.78 is 39.3. The number of carbonyl (C=O) groups is 1. The van der Waals surface area contributed by atoms with Gasteiger partial charge in [-0.15, -0.1) is 0 Å². The summed E-state index contributed by atoms with van der Waals surface area (Å²) in [4.78, 5) is 24.6. The minimum atomic E-state index is -4.56. The zero-order valence-electron chi connectivity index (χ0n) is 14.4. The molecule has 0 radical (unpaired) electrons. The second-order valence-corrected chi connectivity index (χ2v) is 6.71. The normalized spacial score (nSPS) is 14.2. The SMILES string of the molecule is O=C(Nc1cc(C(F)(F)F)ccc1N1CCCC1)c1ccc([N+](=O)[O-])cc1Cl. The van der Waals surface area contributed by atoms with Gasteiger partial charge in [0.15, 0.2) is 0 Å². The molecule has 1 aliphatic rings. The molecule has 3 rings (SSSR count). The zero-order chi connectivity index (χ0) is 20.5. The Balaban J connectivity index is 1.95. The van der Waals surface area contributed by atoms with Gasteiger partial charge in [0.1, 0.15) is 0 Å². The van der Waals surface area contributed by atoms with Gasteiger partial charge in [0, 0.05) is 25.2 Å². The van der Waals surface area contributed by atoms with Gasteiger partial charge in [0.05, 0.1) is 32.4 Å². The van der Waals surface area contributed by atoms with Crippen LogP contribution >= 0.6 is 11.6 Å². The molecule has 0 atom stereocenters. The summed E-state index contributed by atoms with van der Waals surface area (Å²) in [6.45, 7) is 1.35. The molecule has 1 fully saturated rings. The van der Waals surface area contributed by atoms with Crippen molar-refractivity contribution >= 4 is 34.6 Å².